The second-order valence-corrected chi connectivity index (χ2v) is 9.79. The van der Waals surface area contributed by atoms with E-state index in [-0.39, 0.29) is 23.8 Å². The van der Waals surface area contributed by atoms with Crippen LogP contribution < -0.4 is 4.72 Å². The van der Waals surface area contributed by atoms with Gasteiger partial charge in [0.05, 0.1) is 6.26 Å². The molecule has 0 spiro atoms. The van der Waals surface area contributed by atoms with Gasteiger partial charge in [0.1, 0.15) is 0 Å². The molecule has 2 aromatic carbocycles. The molecular formula is C22H26N2O3S. The highest BCUT2D eigenvalue weighted by molar-refractivity contribution is 7.88. The minimum absolute atomic E-state index is 0.00115. The molecule has 0 aromatic heterocycles. The lowest BCUT2D eigenvalue weighted by molar-refractivity contribution is -0.131. The predicted octanol–water partition coefficient (Wildman–Crippen LogP) is 2.92. The van der Waals surface area contributed by atoms with E-state index in [0.29, 0.717) is 19.5 Å². The van der Waals surface area contributed by atoms with Crippen molar-refractivity contribution in [3.63, 3.8) is 0 Å². The number of hydrogen-bond acceptors (Lipinski definition) is 3. The first-order valence-electron chi connectivity index (χ1n) is 9.74. The van der Waals surface area contributed by atoms with Crippen molar-refractivity contribution >= 4 is 15.9 Å². The lowest BCUT2D eigenvalue weighted by Crippen LogP contribution is -2.38. The molecule has 1 aliphatic carbocycles. The molecule has 1 saturated heterocycles. The van der Waals surface area contributed by atoms with Gasteiger partial charge in [-0.15, -0.1) is 0 Å². The Morgan fingerprint density at radius 2 is 1.86 bits per heavy atom. The number of amides is 1. The van der Waals surface area contributed by atoms with Crippen molar-refractivity contribution in [3.8, 4) is 11.1 Å². The number of rotatable bonds is 5. The summed E-state index contributed by atoms with van der Waals surface area (Å²) in [6.45, 7) is 3.20. The fourth-order valence-electron chi connectivity index (χ4n) is 4.40. The monoisotopic (exact) mass is 398 g/mol. The Hall–Kier alpha value is -2.18. The molecule has 1 aliphatic heterocycles. The number of carbonyl (C=O) groups excluding carboxylic acids is 1. The number of nitrogens with one attached hydrogen (secondary N) is 1. The fourth-order valence-corrected chi connectivity index (χ4v) is 5.20. The summed E-state index contributed by atoms with van der Waals surface area (Å²) in [5, 5.41) is 0. The highest BCUT2D eigenvalue weighted by Crippen LogP contribution is 2.52. The summed E-state index contributed by atoms with van der Waals surface area (Å²) < 4.78 is 25.5. The Labute approximate surface area is 166 Å². The van der Waals surface area contributed by atoms with Crippen molar-refractivity contribution < 1.29 is 13.2 Å². The maximum absolute atomic E-state index is 13.0. The van der Waals surface area contributed by atoms with E-state index in [1.165, 1.54) is 22.3 Å². The summed E-state index contributed by atoms with van der Waals surface area (Å²) >= 11 is 0. The van der Waals surface area contributed by atoms with Gasteiger partial charge in [-0.05, 0) is 47.9 Å². The molecule has 6 heteroatoms. The van der Waals surface area contributed by atoms with Gasteiger partial charge >= 0.3 is 0 Å². The number of hydrogen-bond donors (Lipinski definition) is 1. The van der Waals surface area contributed by atoms with Gasteiger partial charge in [0.15, 0.2) is 0 Å². The second kappa shape index (κ2) is 7.33. The maximum atomic E-state index is 13.0. The summed E-state index contributed by atoms with van der Waals surface area (Å²) in [5.74, 6) is 0.397. The van der Waals surface area contributed by atoms with Crippen LogP contribution in [0, 0.1) is 12.8 Å². The minimum Gasteiger partial charge on any atom is -0.341 e. The molecule has 0 radical (unpaired) electrons. The smallest absolute Gasteiger partial charge is 0.226 e. The van der Waals surface area contributed by atoms with Crippen LogP contribution in [0.25, 0.3) is 11.1 Å². The Morgan fingerprint density at radius 3 is 2.57 bits per heavy atom. The Balaban J connectivity index is 1.50. The summed E-state index contributed by atoms with van der Waals surface area (Å²) in [4.78, 5) is 14.8. The third kappa shape index (κ3) is 3.98. The van der Waals surface area contributed by atoms with Crippen molar-refractivity contribution in [2.24, 2.45) is 5.92 Å². The number of nitrogens with zero attached hydrogens (tertiary/aromatic N) is 1. The molecule has 1 heterocycles. The summed E-state index contributed by atoms with van der Waals surface area (Å²) in [7, 11) is -3.24. The summed E-state index contributed by atoms with van der Waals surface area (Å²) in [6.07, 6.45) is 2.70. The van der Waals surface area contributed by atoms with Gasteiger partial charge in [0, 0.05) is 25.0 Å². The van der Waals surface area contributed by atoms with Gasteiger partial charge in [-0.3, -0.25) is 4.79 Å². The largest absolute Gasteiger partial charge is 0.341 e. The summed E-state index contributed by atoms with van der Waals surface area (Å²) in [5.41, 5.74) is 4.89. The molecule has 4 rings (SSSR count). The summed E-state index contributed by atoms with van der Waals surface area (Å²) in [6, 6.07) is 16.5. The van der Waals surface area contributed by atoms with Crippen LogP contribution >= 0.6 is 0 Å². The molecule has 1 N–H and O–H groups in total. The maximum Gasteiger partial charge on any atom is 0.226 e. The number of benzene rings is 2. The first-order chi connectivity index (χ1) is 13.3. The van der Waals surface area contributed by atoms with E-state index in [1.54, 1.807) is 0 Å². The molecule has 5 nitrogen and oxygen atoms in total. The molecule has 2 aromatic rings. The topological polar surface area (TPSA) is 66.5 Å². The van der Waals surface area contributed by atoms with Crippen molar-refractivity contribution in [2.75, 3.05) is 19.3 Å². The molecule has 1 saturated carbocycles. The third-order valence-corrected chi connectivity index (χ3v) is 6.52. The molecule has 0 bridgehead atoms. The van der Waals surface area contributed by atoms with Crippen LogP contribution in [0.1, 0.15) is 29.9 Å². The van der Waals surface area contributed by atoms with E-state index in [4.69, 9.17) is 0 Å². The normalized spacial score (nSPS) is 24.4. The van der Waals surface area contributed by atoms with Crippen molar-refractivity contribution in [1.82, 2.24) is 9.62 Å². The van der Waals surface area contributed by atoms with Gasteiger partial charge < -0.3 is 4.90 Å². The van der Waals surface area contributed by atoms with Crippen LogP contribution in [0.15, 0.2) is 48.5 Å². The van der Waals surface area contributed by atoms with Crippen LogP contribution in [0.4, 0.5) is 0 Å². The van der Waals surface area contributed by atoms with E-state index in [0.717, 1.165) is 12.7 Å². The molecule has 3 atom stereocenters. The molecule has 0 unspecified atom stereocenters. The van der Waals surface area contributed by atoms with Gasteiger partial charge in [0.25, 0.3) is 0 Å². The lowest BCUT2D eigenvalue weighted by atomic mass is 9.92. The standard InChI is InChI=1S/C22H26N2O3S/c1-15-7-6-10-18(21(15)16-8-4-3-5-9-16)19-13-20(19)22(25)24-12-11-17(14-24)23-28(2,26)27/h3-10,17,19-20,23H,11-14H2,1-2H3/t17-,19+,20-/m1/s1. The third-order valence-electron chi connectivity index (χ3n) is 5.76. The molecule has 28 heavy (non-hydrogen) atoms. The first kappa shape index (κ1) is 19.2. The van der Waals surface area contributed by atoms with Crippen LogP contribution in [-0.4, -0.2) is 44.6 Å². The van der Waals surface area contributed by atoms with Crippen LogP contribution in [-0.2, 0) is 14.8 Å². The van der Waals surface area contributed by atoms with E-state index >= 15 is 0 Å². The zero-order chi connectivity index (χ0) is 19.9. The van der Waals surface area contributed by atoms with Gasteiger partial charge in [0.2, 0.25) is 15.9 Å². The fraction of sp³-hybridized carbons (Fsp3) is 0.409. The van der Waals surface area contributed by atoms with E-state index in [9.17, 15) is 13.2 Å². The van der Waals surface area contributed by atoms with Crippen molar-refractivity contribution in [3.05, 3.63) is 59.7 Å². The quantitative estimate of drug-likeness (QED) is 0.842. The SMILES string of the molecule is Cc1cccc([C@@H]2C[C@H]2C(=O)N2CC[C@@H](NS(C)(=O)=O)C2)c1-c1ccccc1. The van der Waals surface area contributed by atoms with Crippen LogP contribution in [0.2, 0.25) is 0 Å². The first-order valence-corrected chi connectivity index (χ1v) is 11.6. The molecule has 148 valence electrons. The van der Waals surface area contributed by atoms with Gasteiger partial charge in [-0.2, -0.15) is 0 Å². The molecule has 2 aliphatic rings. The lowest BCUT2D eigenvalue weighted by Gasteiger charge is -2.18. The van der Waals surface area contributed by atoms with Crippen molar-refractivity contribution in [1.29, 1.82) is 0 Å². The van der Waals surface area contributed by atoms with Gasteiger partial charge in [-0.25, -0.2) is 13.1 Å². The Morgan fingerprint density at radius 1 is 1.11 bits per heavy atom. The van der Waals surface area contributed by atoms with Crippen LogP contribution in [0.5, 0.6) is 0 Å². The molecule has 1 amide bonds. The number of likely N-dealkylation sites (tertiary alicyclic amines) is 1. The second-order valence-electron chi connectivity index (χ2n) is 8.01. The van der Waals surface area contributed by atoms with Gasteiger partial charge in [-0.1, -0.05) is 48.5 Å². The van der Waals surface area contributed by atoms with E-state index in [2.05, 4.69) is 42.0 Å². The number of aryl methyl sites for hydroxylation is 1. The zero-order valence-electron chi connectivity index (χ0n) is 16.3. The average Bonchev–Trinajstić information content (AvgIpc) is 3.32. The van der Waals surface area contributed by atoms with Crippen LogP contribution in [0.3, 0.4) is 0 Å². The molecule has 2 fully saturated rings. The average molecular weight is 399 g/mol. The highest BCUT2D eigenvalue weighted by atomic mass is 32.2. The van der Waals surface area contributed by atoms with E-state index in [1.807, 2.05) is 23.1 Å². The number of carbonyl (C=O) groups is 1. The minimum atomic E-state index is -3.24. The predicted molar refractivity (Wildman–Crippen MR) is 110 cm³/mol. The zero-order valence-corrected chi connectivity index (χ0v) is 17.1. The molecular weight excluding hydrogens is 372 g/mol. The Bertz CT molecular complexity index is 988. The van der Waals surface area contributed by atoms with Crippen molar-refractivity contribution in [2.45, 2.75) is 31.7 Å². The highest BCUT2D eigenvalue weighted by Gasteiger charge is 2.47. The van der Waals surface area contributed by atoms with E-state index < -0.39 is 10.0 Å². The number of sulfonamides is 1. The Kier molecular flexibility index (Phi) is 5.02.